The number of nitrogens with zero attached hydrogens (tertiary/aromatic N) is 1. The van der Waals surface area contributed by atoms with Crippen molar-refractivity contribution < 1.29 is 9.90 Å². The van der Waals surface area contributed by atoms with Gasteiger partial charge >= 0.3 is 0 Å². The van der Waals surface area contributed by atoms with Crippen LogP contribution in [0.15, 0.2) is 29.4 Å². The Labute approximate surface area is 95.0 Å². The molecule has 1 aromatic carbocycles. The quantitative estimate of drug-likeness (QED) is 0.601. The first-order valence-electron chi connectivity index (χ1n) is 5.19. The molecule has 0 spiro atoms. The van der Waals surface area contributed by atoms with Gasteiger partial charge in [0.05, 0.1) is 6.21 Å². The van der Waals surface area contributed by atoms with Crippen LogP contribution in [-0.2, 0) is 4.79 Å². The first kappa shape index (κ1) is 12.2. The Kier molecular flexibility index (Phi) is 4.51. The Hall–Kier alpha value is -1.84. The summed E-state index contributed by atoms with van der Waals surface area (Å²) in [4.78, 5) is 11.2. The molecular weight excluding hydrogens is 204 g/mol. The van der Waals surface area contributed by atoms with Crippen LogP contribution < -0.4 is 5.43 Å². The zero-order valence-corrected chi connectivity index (χ0v) is 9.47. The molecule has 16 heavy (non-hydrogen) atoms. The van der Waals surface area contributed by atoms with Crippen LogP contribution in [0, 0.1) is 5.92 Å². The summed E-state index contributed by atoms with van der Waals surface area (Å²) < 4.78 is 0. The van der Waals surface area contributed by atoms with E-state index in [9.17, 15) is 9.90 Å². The molecule has 0 aliphatic carbocycles. The van der Waals surface area contributed by atoms with Gasteiger partial charge < -0.3 is 5.11 Å². The maximum Gasteiger partial charge on any atom is 0.240 e. The Bertz CT molecular complexity index is 386. The zero-order chi connectivity index (χ0) is 12.0. The highest BCUT2D eigenvalue weighted by Gasteiger charge is 2.02. The van der Waals surface area contributed by atoms with Crippen LogP contribution in [0.2, 0.25) is 0 Å². The monoisotopic (exact) mass is 220 g/mol. The van der Waals surface area contributed by atoms with E-state index in [0.717, 1.165) is 5.56 Å². The van der Waals surface area contributed by atoms with Crippen molar-refractivity contribution in [3.8, 4) is 5.75 Å². The van der Waals surface area contributed by atoms with Gasteiger partial charge in [0, 0.05) is 6.42 Å². The van der Waals surface area contributed by atoms with Crippen LogP contribution >= 0.6 is 0 Å². The molecule has 2 N–H and O–H groups in total. The van der Waals surface area contributed by atoms with Crippen molar-refractivity contribution in [1.82, 2.24) is 5.43 Å². The van der Waals surface area contributed by atoms with E-state index in [1.807, 2.05) is 13.8 Å². The number of nitrogens with one attached hydrogen (secondary N) is 1. The number of aromatic hydroxyl groups is 1. The molecule has 0 aliphatic rings. The Morgan fingerprint density at radius 2 is 2.31 bits per heavy atom. The number of amides is 1. The van der Waals surface area contributed by atoms with E-state index in [2.05, 4.69) is 10.5 Å². The molecule has 0 saturated carbocycles. The number of hydrazone groups is 1. The fourth-order valence-corrected chi connectivity index (χ4v) is 1.20. The summed E-state index contributed by atoms with van der Waals surface area (Å²) in [6.07, 6.45) is 1.95. The third-order valence-electron chi connectivity index (χ3n) is 1.87. The fourth-order valence-electron chi connectivity index (χ4n) is 1.20. The van der Waals surface area contributed by atoms with Gasteiger partial charge in [-0.25, -0.2) is 5.43 Å². The first-order valence-corrected chi connectivity index (χ1v) is 5.19. The van der Waals surface area contributed by atoms with Crippen molar-refractivity contribution in [2.45, 2.75) is 20.3 Å². The number of carbonyl (C=O) groups is 1. The van der Waals surface area contributed by atoms with Crippen LogP contribution in [0.25, 0.3) is 0 Å². The number of rotatable bonds is 4. The van der Waals surface area contributed by atoms with Gasteiger partial charge in [-0.05, 0) is 23.6 Å². The summed E-state index contributed by atoms with van der Waals surface area (Å²) in [6.45, 7) is 3.94. The minimum atomic E-state index is -0.105. The minimum Gasteiger partial charge on any atom is -0.508 e. The number of phenols is 1. The number of hydrogen-bond acceptors (Lipinski definition) is 3. The molecule has 4 nitrogen and oxygen atoms in total. The highest BCUT2D eigenvalue weighted by molar-refractivity contribution is 5.82. The summed E-state index contributed by atoms with van der Waals surface area (Å²) in [5.41, 5.74) is 3.17. The normalized spacial score (nSPS) is 10.9. The molecule has 0 heterocycles. The molecule has 0 unspecified atom stereocenters. The van der Waals surface area contributed by atoms with E-state index >= 15 is 0 Å². The molecule has 0 aromatic heterocycles. The highest BCUT2D eigenvalue weighted by atomic mass is 16.3. The minimum absolute atomic E-state index is 0.105. The van der Waals surface area contributed by atoms with E-state index in [0.29, 0.717) is 12.3 Å². The van der Waals surface area contributed by atoms with Crippen LogP contribution in [-0.4, -0.2) is 17.2 Å². The van der Waals surface area contributed by atoms with Crippen LogP contribution in [0.4, 0.5) is 0 Å². The fraction of sp³-hybridized carbons (Fsp3) is 0.333. The first-order chi connectivity index (χ1) is 7.58. The zero-order valence-electron chi connectivity index (χ0n) is 9.47. The number of benzene rings is 1. The highest BCUT2D eigenvalue weighted by Crippen LogP contribution is 2.08. The standard InChI is InChI=1S/C12H16N2O2/c1-9(2)6-12(16)14-13-8-10-4-3-5-11(15)7-10/h3-5,7-9,15H,6H2,1-2H3,(H,14,16)/b13-8+. The smallest absolute Gasteiger partial charge is 0.240 e. The lowest BCUT2D eigenvalue weighted by molar-refractivity contribution is -0.121. The Morgan fingerprint density at radius 1 is 1.56 bits per heavy atom. The van der Waals surface area contributed by atoms with Crippen LogP contribution in [0.5, 0.6) is 5.75 Å². The molecule has 4 heteroatoms. The van der Waals surface area contributed by atoms with Crippen molar-refractivity contribution >= 4 is 12.1 Å². The molecular formula is C12H16N2O2. The predicted molar refractivity (Wildman–Crippen MR) is 63.3 cm³/mol. The maximum absolute atomic E-state index is 11.2. The second-order valence-corrected chi connectivity index (χ2v) is 3.99. The molecule has 0 atom stereocenters. The lowest BCUT2D eigenvalue weighted by atomic mass is 10.1. The molecule has 0 fully saturated rings. The van der Waals surface area contributed by atoms with Crippen molar-refractivity contribution in [1.29, 1.82) is 0 Å². The molecule has 0 radical (unpaired) electrons. The van der Waals surface area contributed by atoms with Crippen LogP contribution in [0.1, 0.15) is 25.8 Å². The van der Waals surface area contributed by atoms with E-state index in [1.54, 1.807) is 24.3 Å². The number of hydrogen-bond donors (Lipinski definition) is 2. The second-order valence-electron chi connectivity index (χ2n) is 3.99. The molecule has 0 aliphatic heterocycles. The van der Waals surface area contributed by atoms with Crippen molar-refractivity contribution in [2.75, 3.05) is 0 Å². The largest absolute Gasteiger partial charge is 0.508 e. The Morgan fingerprint density at radius 3 is 2.94 bits per heavy atom. The van der Waals surface area contributed by atoms with E-state index in [1.165, 1.54) is 6.21 Å². The lowest BCUT2D eigenvalue weighted by Gasteiger charge is -2.01. The van der Waals surface area contributed by atoms with Crippen molar-refractivity contribution in [3.63, 3.8) is 0 Å². The predicted octanol–water partition coefficient (Wildman–Crippen LogP) is 1.89. The third-order valence-corrected chi connectivity index (χ3v) is 1.87. The molecule has 0 bridgehead atoms. The van der Waals surface area contributed by atoms with Crippen molar-refractivity contribution in [3.05, 3.63) is 29.8 Å². The van der Waals surface area contributed by atoms with E-state index in [-0.39, 0.29) is 11.7 Å². The molecule has 1 aromatic rings. The van der Waals surface area contributed by atoms with Crippen LogP contribution in [0.3, 0.4) is 0 Å². The van der Waals surface area contributed by atoms with Gasteiger partial charge in [0.25, 0.3) is 0 Å². The van der Waals surface area contributed by atoms with Gasteiger partial charge in [0.1, 0.15) is 5.75 Å². The lowest BCUT2D eigenvalue weighted by Crippen LogP contribution is -2.19. The average molecular weight is 220 g/mol. The topological polar surface area (TPSA) is 61.7 Å². The van der Waals surface area contributed by atoms with E-state index < -0.39 is 0 Å². The molecule has 1 amide bonds. The van der Waals surface area contributed by atoms with Gasteiger partial charge in [-0.1, -0.05) is 26.0 Å². The molecule has 86 valence electrons. The maximum atomic E-state index is 11.2. The summed E-state index contributed by atoms with van der Waals surface area (Å²) >= 11 is 0. The van der Waals surface area contributed by atoms with E-state index in [4.69, 9.17) is 0 Å². The summed E-state index contributed by atoms with van der Waals surface area (Å²) in [6, 6.07) is 6.65. The summed E-state index contributed by atoms with van der Waals surface area (Å²) in [5.74, 6) is 0.389. The molecule has 0 saturated heterocycles. The number of carbonyl (C=O) groups excluding carboxylic acids is 1. The van der Waals surface area contributed by atoms with Crippen molar-refractivity contribution in [2.24, 2.45) is 11.0 Å². The second kappa shape index (κ2) is 5.90. The SMILES string of the molecule is CC(C)CC(=O)N/N=C/c1cccc(O)c1. The third kappa shape index (κ3) is 4.59. The average Bonchev–Trinajstić information content (AvgIpc) is 2.16. The summed E-state index contributed by atoms with van der Waals surface area (Å²) in [5, 5.41) is 13.0. The Balaban J connectivity index is 2.46. The number of phenolic OH excluding ortho intramolecular Hbond substituents is 1. The van der Waals surface area contributed by atoms with Gasteiger partial charge in [0.2, 0.25) is 5.91 Å². The summed E-state index contributed by atoms with van der Waals surface area (Å²) in [7, 11) is 0. The van der Waals surface area contributed by atoms with Gasteiger partial charge in [-0.3, -0.25) is 4.79 Å². The molecule has 1 rings (SSSR count). The van der Waals surface area contributed by atoms with Gasteiger partial charge in [-0.2, -0.15) is 5.10 Å². The van der Waals surface area contributed by atoms with Gasteiger partial charge in [-0.15, -0.1) is 0 Å². The van der Waals surface area contributed by atoms with Gasteiger partial charge in [0.15, 0.2) is 0 Å².